The number of halogens is 2. The molecular formula is C25H31Cl2N3O3S. The number of para-hydroxylation sites is 2. The largest absolute Gasteiger partial charge is 0.480 e. The Balaban J connectivity index is 2.09. The maximum atomic E-state index is 13.1. The van der Waals surface area contributed by atoms with Gasteiger partial charge in [-0.3, -0.25) is 4.90 Å². The molecule has 2 aromatic carbocycles. The van der Waals surface area contributed by atoms with Crippen LogP contribution in [-0.2, 0) is 10.3 Å². The van der Waals surface area contributed by atoms with E-state index in [1.165, 1.54) is 0 Å². The normalized spacial score (nSPS) is 17.2. The molecule has 34 heavy (non-hydrogen) atoms. The topological polar surface area (TPSA) is 82.0 Å². The van der Waals surface area contributed by atoms with Crippen LogP contribution in [0.15, 0.2) is 47.0 Å². The molecule has 0 saturated heterocycles. The predicted molar refractivity (Wildman–Crippen MR) is 142 cm³/mol. The first kappa shape index (κ1) is 26.8. The van der Waals surface area contributed by atoms with E-state index in [9.17, 15) is 14.8 Å². The van der Waals surface area contributed by atoms with Gasteiger partial charge >= 0.3 is 5.97 Å². The molecule has 6 nitrogen and oxygen atoms in total. The molecule has 1 fully saturated rings. The van der Waals surface area contributed by atoms with Gasteiger partial charge in [0, 0.05) is 34.3 Å². The summed E-state index contributed by atoms with van der Waals surface area (Å²) in [6.45, 7) is 2.42. The second-order valence-corrected chi connectivity index (χ2v) is 11.0. The summed E-state index contributed by atoms with van der Waals surface area (Å²) in [4.78, 5) is 26.3. The molecule has 3 rings (SSSR count). The van der Waals surface area contributed by atoms with Crippen molar-refractivity contribution in [1.29, 1.82) is 0 Å². The van der Waals surface area contributed by atoms with Crippen LogP contribution in [0, 0.1) is 4.91 Å². The Hall–Kier alpha value is -1.80. The molecule has 1 unspecified atom stereocenters. The molecule has 0 aliphatic heterocycles. The highest BCUT2D eigenvalue weighted by Gasteiger charge is 2.48. The van der Waals surface area contributed by atoms with Crippen molar-refractivity contribution in [3.05, 3.63) is 63.0 Å². The highest BCUT2D eigenvalue weighted by atomic mass is 35.5. The minimum absolute atomic E-state index is 0.391. The molecule has 1 atom stereocenters. The zero-order chi connectivity index (χ0) is 24.8. The first-order valence-corrected chi connectivity index (χ1v) is 13.1. The van der Waals surface area contributed by atoms with E-state index in [1.807, 2.05) is 43.1 Å². The fourth-order valence-electron chi connectivity index (χ4n) is 5.10. The van der Waals surface area contributed by atoms with Gasteiger partial charge in [0.2, 0.25) is 0 Å². The van der Waals surface area contributed by atoms with Gasteiger partial charge in [0.15, 0.2) is 0 Å². The summed E-state index contributed by atoms with van der Waals surface area (Å²) in [5, 5.41) is 14.9. The van der Waals surface area contributed by atoms with Crippen LogP contribution in [0.3, 0.4) is 0 Å². The Labute approximate surface area is 215 Å². The number of nitrogens with one attached hydrogen (secondary N) is 1. The van der Waals surface area contributed by atoms with Crippen molar-refractivity contribution < 1.29 is 9.90 Å². The summed E-state index contributed by atoms with van der Waals surface area (Å²) in [6.07, 6.45) is 5.86. The van der Waals surface area contributed by atoms with Gasteiger partial charge < -0.3 is 10.4 Å². The molecule has 0 heterocycles. The number of benzene rings is 2. The molecule has 9 heteroatoms. The van der Waals surface area contributed by atoms with Gasteiger partial charge in [-0.25, -0.2) is 4.79 Å². The fourth-order valence-corrected chi connectivity index (χ4v) is 6.48. The van der Waals surface area contributed by atoms with Crippen molar-refractivity contribution in [2.45, 2.75) is 62.2 Å². The number of hydrogen-bond donors (Lipinski definition) is 2. The van der Waals surface area contributed by atoms with Crippen LogP contribution in [-0.4, -0.2) is 34.3 Å². The van der Waals surface area contributed by atoms with E-state index in [1.54, 1.807) is 18.2 Å². The van der Waals surface area contributed by atoms with Crippen LogP contribution in [0.1, 0.15) is 57.4 Å². The summed E-state index contributed by atoms with van der Waals surface area (Å²) < 4.78 is 2.78. The molecule has 2 aromatic rings. The second kappa shape index (κ2) is 11.8. The maximum Gasteiger partial charge on any atom is 0.328 e. The average Bonchev–Trinajstić information content (AvgIpc) is 2.81. The molecule has 0 amide bonds. The van der Waals surface area contributed by atoms with Gasteiger partial charge in [-0.15, -0.1) is 4.91 Å². The van der Waals surface area contributed by atoms with E-state index < -0.39 is 16.3 Å². The Morgan fingerprint density at radius 2 is 1.79 bits per heavy atom. The molecule has 1 aliphatic carbocycles. The van der Waals surface area contributed by atoms with Gasteiger partial charge in [-0.05, 0) is 44.5 Å². The minimum Gasteiger partial charge on any atom is -0.480 e. The number of carbonyl (C=O) groups is 1. The van der Waals surface area contributed by atoms with Gasteiger partial charge in [-0.1, -0.05) is 80.1 Å². The first-order valence-electron chi connectivity index (χ1n) is 11.6. The van der Waals surface area contributed by atoms with Crippen molar-refractivity contribution in [3.63, 3.8) is 0 Å². The van der Waals surface area contributed by atoms with Crippen LogP contribution >= 0.6 is 35.1 Å². The molecular weight excluding hydrogens is 493 g/mol. The van der Waals surface area contributed by atoms with Crippen LogP contribution in [0.4, 0.5) is 11.4 Å². The van der Waals surface area contributed by atoms with Gasteiger partial charge in [0.25, 0.3) is 0 Å². The van der Waals surface area contributed by atoms with Crippen LogP contribution in [0.25, 0.3) is 0 Å². The van der Waals surface area contributed by atoms with Crippen LogP contribution in [0.5, 0.6) is 0 Å². The third-order valence-corrected chi connectivity index (χ3v) is 8.36. The van der Waals surface area contributed by atoms with Crippen molar-refractivity contribution in [2.24, 2.45) is 4.58 Å². The van der Waals surface area contributed by atoms with Gasteiger partial charge in [0.05, 0.1) is 20.5 Å². The molecule has 0 spiro atoms. The van der Waals surface area contributed by atoms with E-state index in [2.05, 4.69) is 9.90 Å². The Morgan fingerprint density at radius 1 is 1.15 bits per heavy atom. The van der Waals surface area contributed by atoms with Crippen molar-refractivity contribution >= 4 is 52.5 Å². The lowest BCUT2D eigenvalue weighted by atomic mass is 9.80. The van der Waals surface area contributed by atoms with E-state index in [0.717, 1.165) is 44.1 Å². The van der Waals surface area contributed by atoms with E-state index >= 15 is 0 Å². The summed E-state index contributed by atoms with van der Waals surface area (Å²) >= 11 is 13.9. The lowest BCUT2D eigenvalue weighted by molar-refractivity contribution is -0.152. The highest BCUT2D eigenvalue weighted by Crippen LogP contribution is 2.46. The Kier molecular flexibility index (Phi) is 9.27. The SMILES string of the molecule is CCCC(C(=O)O)(c1ccccc1Nc1c(Cl)cccc1Cl)N(C)CC1(SN=O)CCCCC1. The molecule has 1 aliphatic rings. The second-order valence-electron chi connectivity index (χ2n) is 8.95. The summed E-state index contributed by atoms with van der Waals surface area (Å²) in [7, 11) is 1.84. The first-order chi connectivity index (χ1) is 16.3. The zero-order valence-corrected chi connectivity index (χ0v) is 21.8. The summed E-state index contributed by atoms with van der Waals surface area (Å²) in [6, 6.07) is 12.6. The standard InChI is InChI=1S/C25H31Cl2N3O3S/c1-3-14-25(23(31)32,30(2)17-24(34-29-33)15-7-4-8-16-24)18-10-5-6-13-21(18)28-22-19(26)11-9-12-20(22)27/h5-6,9-13,28H,3-4,7-8,14-17H2,1-2H3,(H,31,32). The minimum atomic E-state index is -1.32. The van der Waals surface area contributed by atoms with Gasteiger partial charge in [0.1, 0.15) is 5.54 Å². The number of anilines is 2. The van der Waals surface area contributed by atoms with E-state index in [-0.39, 0.29) is 0 Å². The van der Waals surface area contributed by atoms with Crippen molar-refractivity contribution in [2.75, 3.05) is 18.9 Å². The quantitative estimate of drug-likeness (QED) is 0.230. The fraction of sp³-hybridized carbons (Fsp3) is 0.480. The average molecular weight is 525 g/mol. The number of carboxylic acids is 1. The third-order valence-electron chi connectivity index (χ3n) is 6.73. The maximum absolute atomic E-state index is 13.1. The highest BCUT2D eigenvalue weighted by molar-refractivity contribution is 7.99. The number of likely N-dealkylation sites (N-methyl/N-ethyl adjacent to an activating group) is 1. The lowest BCUT2D eigenvalue weighted by Crippen LogP contribution is -2.55. The smallest absolute Gasteiger partial charge is 0.328 e. The van der Waals surface area contributed by atoms with E-state index in [0.29, 0.717) is 46.4 Å². The number of carboxylic acid groups (broad SMARTS) is 1. The Morgan fingerprint density at radius 3 is 2.38 bits per heavy atom. The Bertz CT molecular complexity index is 996. The zero-order valence-electron chi connectivity index (χ0n) is 19.5. The summed E-state index contributed by atoms with van der Waals surface area (Å²) in [5.41, 5.74) is 0.457. The number of nitrogens with zero attached hydrogens (tertiary/aromatic N) is 2. The lowest BCUT2D eigenvalue weighted by Gasteiger charge is -2.45. The molecule has 2 N–H and O–H groups in total. The monoisotopic (exact) mass is 523 g/mol. The van der Waals surface area contributed by atoms with Crippen LogP contribution in [0.2, 0.25) is 10.0 Å². The summed E-state index contributed by atoms with van der Waals surface area (Å²) in [5.74, 6) is -0.939. The van der Waals surface area contributed by atoms with Crippen molar-refractivity contribution in [1.82, 2.24) is 4.90 Å². The van der Waals surface area contributed by atoms with Gasteiger partial charge in [-0.2, -0.15) is 0 Å². The number of hydrogen-bond acceptors (Lipinski definition) is 6. The molecule has 1 saturated carbocycles. The van der Waals surface area contributed by atoms with Crippen LogP contribution < -0.4 is 5.32 Å². The molecule has 0 aromatic heterocycles. The van der Waals surface area contributed by atoms with E-state index in [4.69, 9.17) is 23.2 Å². The molecule has 0 radical (unpaired) electrons. The van der Waals surface area contributed by atoms with Crippen molar-refractivity contribution in [3.8, 4) is 0 Å². The number of rotatable bonds is 11. The predicted octanol–water partition coefficient (Wildman–Crippen LogP) is 7.87. The molecule has 184 valence electrons. The third kappa shape index (κ3) is 5.54. The number of aliphatic carboxylic acids is 1. The molecule has 0 bridgehead atoms. The number of nitroso groups, excluding NO2 is 1.